The van der Waals surface area contributed by atoms with Crippen molar-refractivity contribution in [2.24, 2.45) is 5.92 Å². The van der Waals surface area contributed by atoms with Crippen molar-refractivity contribution < 1.29 is 5.11 Å². The van der Waals surface area contributed by atoms with Gasteiger partial charge in [0, 0.05) is 18.0 Å². The largest absolute Gasteiger partial charge is 0.393 e. The Kier molecular flexibility index (Phi) is 4.26. The van der Waals surface area contributed by atoms with Crippen LogP contribution in [0.4, 0.5) is 11.8 Å². The highest BCUT2D eigenvalue weighted by Crippen LogP contribution is 2.31. The Balaban J connectivity index is 1.79. The summed E-state index contributed by atoms with van der Waals surface area (Å²) in [5.74, 6) is 2.16. The standard InChI is InChI=1S/C15H22N4OS/c1-3-4-16-15-18-13(17-8-10-6-11(20)7-10)12-5-9(2)21-14(12)19-15/h5,10-11,20H,3-4,6-8H2,1-2H3,(H2,16,17,18,19). The summed E-state index contributed by atoms with van der Waals surface area (Å²) in [4.78, 5) is 11.5. The average Bonchev–Trinajstić information content (AvgIpc) is 2.80. The van der Waals surface area contributed by atoms with Crippen LogP contribution in [0.2, 0.25) is 0 Å². The first kappa shape index (κ1) is 14.5. The van der Waals surface area contributed by atoms with Crippen molar-refractivity contribution in [3.63, 3.8) is 0 Å². The summed E-state index contributed by atoms with van der Waals surface area (Å²) in [6.45, 7) is 5.97. The third-order valence-corrected chi connectivity index (χ3v) is 4.76. The van der Waals surface area contributed by atoms with Crippen LogP contribution in [0, 0.1) is 12.8 Å². The number of aliphatic hydroxyl groups is 1. The predicted octanol–water partition coefficient (Wildman–Crippen LogP) is 3.00. The molecule has 21 heavy (non-hydrogen) atoms. The quantitative estimate of drug-likeness (QED) is 0.765. The minimum Gasteiger partial charge on any atom is -0.393 e. The minimum absolute atomic E-state index is 0.104. The molecule has 3 rings (SSSR count). The van der Waals surface area contributed by atoms with E-state index in [1.165, 1.54) is 4.88 Å². The molecule has 2 heterocycles. The molecule has 0 aliphatic heterocycles. The third kappa shape index (κ3) is 3.27. The van der Waals surface area contributed by atoms with Crippen LogP contribution in [0.15, 0.2) is 6.07 Å². The number of nitrogens with zero attached hydrogens (tertiary/aromatic N) is 2. The lowest BCUT2D eigenvalue weighted by Crippen LogP contribution is -2.33. The van der Waals surface area contributed by atoms with Crippen molar-refractivity contribution in [3.05, 3.63) is 10.9 Å². The fraction of sp³-hybridized carbons (Fsp3) is 0.600. The van der Waals surface area contributed by atoms with Gasteiger partial charge >= 0.3 is 0 Å². The van der Waals surface area contributed by atoms with Gasteiger partial charge in [-0.2, -0.15) is 4.98 Å². The summed E-state index contributed by atoms with van der Waals surface area (Å²) < 4.78 is 0. The highest BCUT2D eigenvalue weighted by atomic mass is 32.1. The van der Waals surface area contributed by atoms with E-state index in [0.717, 1.165) is 48.4 Å². The SMILES string of the molecule is CCCNc1nc(NCC2CC(O)C2)c2cc(C)sc2n1. The number of rotatable bonds is 6. The van der Waals surface area contributed by atoms with Gasteiger partial charge in [0.25, 0.3) is 0 Å². The molecule has 1 fully saturated rings. The molecule has 0 unspecified atom stereocenters. The van der Waals surface area contributed by atoms with Crippen LogP contribution in [0.1, 0.15) is 31.1 Å². The fourth-order valence-electron chi connectivity index (χ4n) is 2.60. The predicted molar refractivity (Wildman–Crippen MR) is 88.2 cm³/mol. The second kappa shape index (κ2) is 6.15. The van der Waals surface area contributed by atoms with Crippen LogP contribution in [0.5, 0.6) is 0 Å². The van der Waals surface area contributed by atoms with E-state index in [2.05, 4.69) is 40.5 Å². The van der Waals surface area contributed by atoms with Crippen LogP contribution in [0.3, 0.4) is 0 Å². The summed E-state index contributed by atoms with van der Waals surface area (Å²) in [7, 11) is 0. The first-order valence-corrected chi connectivity index (χ1v) is 8.41. The number of hydrogen-bond acceptors (Lipinski definition) is 6. The second-order valence-electron chi connectivity index (χ2n) is 5.77. The van der Waals surface area contributed by atoms with E-state index in [-0.39, 0.29) is 6.10 Å². The molecule has 1 aliphatic carbocycles. The number of nitrogens with one attached hydrogen (secondary N) is 2. The van der Waals surface area contributed by atoms with Crippen LogP contribution in [-0.4, -0.2) is 34.3 Å². The van der Waals surface area contributed by atoms with Gasteiger partial charge in [-0.3, -0.25) is 0 Å². The van der Waals surface area contributed by atoms with Gasteiger partial charge in [-0.25, -0.2) is 4.98 Å². The smallest absolute Gasteiger partial charge is 0.226 e. The molecule has 0 saturated heterocycles. The van der Waals surface area contributed by atoms with Crippen molar-refractivity contribution in [1.82, 2.24) is 9.97 Å². The summed E-state index contributed by atoms with van der Waals surface area (Å²) in [6.07, 6.45) is 2.73. The van der Waals surface area contributed by atoms with Gasteiger partial charge in [0.15, 0.2) is 0 Å². The zero-order valence-electron chi connectivity index (χ0n) is 12.5. The fourth-order valence-corrected chi connectivity index (χ4v) is 3.48. The zero-order chi connectivity index (χ0) is 14.8. The third-order valence-electron chi connectivity index (χ3n) is 3.82. The molecule has 3 N–H and O–H groups in total. The van der Waals surface area contributed by atoms with E-state index < -0.39 is 0 Å². The molecule has 0 atom stereocenters. The van der Waals surface area contributed by atoms with Gasteiger partial charge in [-0.1, -0.05) is 6.92 Å². The number of aryl methyl sites for hydroxylation is 1. The molecule has 1 saturated carbocycles. The molecule has 5 nitrogen and oxygen atoms in total. The minimum atomic E-state index is -0.104. The van der Waals surface area contributed by atoms with E-state index in [0.29, 0.717) is 11.9 Å². The normalized spacial score (nSPS) is 21.3. The van der Waals surface area contributed by atoms with Gasteiger partial charge < -0.3 is 15.7 Å². The van der Waals surface area contributed by atoms with Gasteiger partial charge in [0.05, 0.1) is 11.5 Å². The molecular formula is C15H22N4OS. The van der Waals surface area contributed by atoms with Gasteiger partial charge in [-0.05, 0) is 38.2 Å². The van der Waals surface area contributed by atoms with E-state index in [1.807, 2.05) is 0 Å². The number of thiophene rings is 1. The Morgan fingerprint density at radius 1 is 1.33 bits per heavy atom. The van der Waals surface area contributed by atoms with Crippen molar-refractivity contribution in [2.45, 2.75) is 39.2 Å². The Hall–Kier alpha value is -1.40. The zero-order valence-corrected chi connectivity index (χ0v) is 13.3. The van der Waals surface area contributed by atoms with Crippen molar-refractivity contribution in [2.75, 3.05) is 23.7 Å². The Morgan fingerprint density at radius 3 is 2.86 bits per heavy atom. The van der Waals surface area contributed by atoms with Gasteiger partial charge in [0.2, 0.25) is 5.95 Å². The number of hydrogen-bond donors (Lipinski definition) is 3. The molecule has 114 valence electrons. The van der Waals surface area contributed by atoms with E-state index in [1.54, 1.807) is 11.3 Å². The van der Waals surface area contributed by atoms with E-state index in [4.69, 9.17) is 0 Å². The summed E-state index contributed by atoms with van der Waals surface area (Å²) in [5, 5.41) is 17.2. The summed E-state index contributed by atoms with van der Waals surface area (Å²) in [5.41, 5.74) is 0. The van der Waals surface area contributed by atoms with Crippen molar-refractivity contribution in [1.29, 1.82) is 0 Å². The molecule has 0 bridgehead atoms. The first-order valence-electron chi connectivity index (χ1n) is 7.59. The maximum absolute atomic E-state index is 9.37. The molecule has 0 aromatic carbocycles. The second-order valence-corrected chi connectivity index (χ2v) is 7.01. The maximum Gasteiger partial charge on any atom is 0.226 e. The lowest BCUT2D eigenvalue weighted by atomic mass is 9.82. The first-order chi connectivity index (χ1) is 10.2. The highest BCUT2D eigenvalue weighted by Gasteiger charge is 2.27. The average molecular weight is 306 g/mol. The molecule has 6 heteroatoms. The molecular weight excluding hydrogens is 284 g/mol. The Morgan fingerprint density at radius 2 is 2.14 bits per heavy atom. The lowest BCUT2D eigenvalue weighted by molar-refractivity contribution is 0.0486. The van der Waals surface area contributed by atoms with Crippen LogP contribution in [0.25, 0.3) is 10.2 Å². The monoisotopic (exact) mass is 306 g/mol. The van der Waals surface area contributed by atoms with Gasteiger partial charge in [-0.15, -0.1) is 11.3 Å². The van der Waals surface area contributed by atoms with Crippen LogP contribution < -0.4 is 10.6 Å². The van der Waals surface area contributed by atoms with Crippen LogP contribution in [-0.2, 0) is 0 Å². The number of aromatic nitrogens is 2. The van der Waals surface area contributed by atoms with Crippen molar-refractivity contribution >= 4 is 33.3 Å². The van der Waals surface area contributed by atoms with Crippen molar-refractivity contribution in [3.8, 4) is 0 Å². The van der Waals surface area contributed by atoms with E-state index in [9.17, 15) is 5.11 Å². The van der Waals surface area contributed by atoms with E-state index >= 15 is 0 Å². The lowest BCUT2D eigenvalue weighted by Gasteiger charge is -2.31. The Labute approximate surface area is 128 Å². The topological polar surface area (TPSA) is 70.1 Å². The van der Waals surface area contributed by atoms with Gasteiger partial charge in [0.1, 0.15) is 10.6 Å². The highest BCUT2D eigenvalue weighted by molar-refractivity contribution is 7.18. The summed E-state index contributed by atoms with van der Waals surface area (Å²) >= 11 is 1.70. The number of anilines is 2. The molecule has 0 amide bonds. The maximum atomic E-state index is 9.37. The molecule has 2 aromatic rings. The molecule has 0 spiro atoms. The Bertz CT molecular complexity index is 621. The summed E-state index contributed by atoms with van der Waals surface area (Å²) in [6, 6.07) is 2.14. The number of fused-ring (bicyclic) bond motifs is 1. The molecule has 0 radical (unpaired) electrons. The van der Waals surface area contributed by atoms with Crippen LogP contribution >= 0.6 is 11.3 Å². The number of aliphatic hydroxyl groups excluding tert-OH is 1. The molecule has 2 aromatic heterocycles. The molecule has 1 aliphatic rings.